The standard InChI is InChI=1S/C43H60N6O7S/c1-27-39(57-26-46-27)33-18-16-31(17-19-33)23-45-41(54)36-22-34(51)24-49(36)42(55)40(43(4,5)6)48-38(53)11-9-8-10-30-12-14-32(15-13-30)25-56-28(2)35(47-29(3)50)20-21-37(52)44-7/h12-19,26,28,34-36,40,51H,8-11,20-25H2,1-7H3,(H,44,52)(H,45,54)(H,47,50)(H,48,53)/t28-,34-,35+,36+,40-/m1/s1. The normalized spacial score (nSPS) is 17.0. The van der Waals surface area contributed by atoms with E-state index in [2.05, 4.69) is 26.3 Å². The van der Waals surface area contributed by atoms with Crippen molar-refractivity contribution in [1.82, 2.24) is 31.2 Å². The molecular formula is C43H60N6O7S. The lowest BCUT2D eigenvalue weighted by Gasteiger charge is -2.35. The molecule has 2 aromatic carbocycles. The molecule has 0 radical (unpaired) electrons. The molecule has 0 saturated carbocycles. The third-order valence-corrected chi connectivity index (χ3v) is 11.3. The van der Waals surface area contributed by atoms with Gasteiger partial charge in [-0.3, -0.25) is 24.0 Å². The first-order valence-corrected chi connectivity index (χ1v) is 20.7. The van der Waals surface area contributed by atoms with Crippen molar-refractivity contribution in [2.24, 2.45) is 5.41 Å². The van der Waals surface area contributed by atoms with Gasteiger partial charge in [-0.05, 0) is 67.2 Å². The summed E-state index contributed by atoms with van der Waals surface area (Å²) in [5.41, 5.74) is 6.21. The molecule has 13 nitrogen and oxygen atoms in total. The van der Waals surface area contributed by atoms with Crippen molar-refractivity contribution >= 4 is 40.9 Å². The van der Waals surface area contributed by atoms with E-state index in [1.54, 1.807) is 18.4 Å². The lowest BCUT2D eigenvalue weighted by molar-refractivity contribution is -0.144. The van der Waals surface area contributed by atoms with Gasteiger partial charge < -0.3 is 36.0 Å². The molecule has 5 N–H and O–H groups in total. The maximum absolute atomic E-state index is 14.0. The van der Waals surface area contributed by atoms with Gasteiger partial charge in [-0.15, -0.1) is 11.3 Å². The molecule has 14 heteroatoms. The van der Waals surface area contributed by atoms with Crippen molar-refractivity contribution in [3.63, 3.8) is 0 Å². The molecule has 0 unspecified atom stereocenters. The Labute approximate surface area is 340 Å². The zero-order chi connectivity index (χ0) is 41.7. The second kappa shape index (κ2) is 21.2. The topological polar surface area (TPSA) is 179 Å². The first kappa shape index (κ1) is 45.0. The fourth-order valence-corrected chi connectivity index (χ4v) is 7.68. The summed E-state index contributed by atoms with van der Waals surface area (Å²) in [4.78, 5) is 70.8. The van der Waals surface area contributed by atoms with Gasteiger partial charge in [-0.2, -0.15) is 0 Å². The summed E-state index contributed by atoms with van der Waals surface area (Å²) in [5.74, 6) is -1.24. The van der Waals surface area contributed by atoms with E-state index in [-0.39, 0.29) is 74.0 Å². The molecule has 1 aromatic heterocycles. The number of ether oxygens (including phenoxy) is 1. The molecule has 0 aliphatic carbocycles. The molecule has 4 rings (SSSR count). The molecule has 5 atom stereocenters. The van der Waals surface area contributed by atoms with Crippen LogP contribution in [0.5, 0.6) is 0 Å². The van der Waals surface area contributed by atoms with Crippen LogP contribution in [0.15, 0.2) is 54.0 Å². The van der Waals surface area contributed by atoms with Crippen LogP contribution in [0.1, 0.15) is 95.5 Å². The number of hydrogen-bond acceptors (Lipinski definition) is 9. The molecule has 5 amide bonds. The van der Waals surface area contributed by atoms with E-state index in [9.17, 15) is 29.1 Å². The number of β-amino-alcohol motifs (C(OH)–C–C–N with tert-alkyl or cyclic N) is 1. The third kappa shape index (κ3) is 13.8. The predicted molar refractivity (Wildman–Crippen MR) is 221 cm³/mol. The Morgan fingerprint density at radius 3 is 2.23 bits per heavy atom. The van der Waals surface area contributed by atoms with Crippen LogP contribution < -0.4 is 21.3 Å². The molecule has 2 heterocycles. The van der Waals surface area contributed by atoms with Gasteiger partial charge >= 0.3 is 0 Å². The van der Waals surface area contributed by atoms with Gasteiger partial charge in [0.1, 0.15) is 12.1 Å². The van der Waals surface area contributed by atoms with Crippen LogP contribution >= 0.6 is 11.3 Å². The highest BCUT2D eigenvalue weighted by molar-refractivity contribution is 7.13. The number of rotatable bonds is 19. The third-order valence-electron chi connectivity index (χ3n) is 10.3. The number of aromatic nitrogens is 1. The van der Waals surface area contributed by atoms with Crippen LogP contribution in [0.2, 0.25) is 0 Å². The van der Waals surface area contributed by atoms with Gasteiger partial charge in [-0.1, -0.05) is 69.3 Å². The highest BCUT2D eigenvalue weighted by Crippen LogP contribution is 2.28. The number of benzene rings is 2. The van der Waals surface area contributed by atoms with Crippen LogP contribution in [-0.2, 0) is 48.3 Å². The van der Waals surface area contributed by atoms with Crippen LogP contribution in [0.4, 0.5) is 0 Å². The Balaban J connectivity index is 1.23. The maximum atomic E-state index is 14.0. The van der Waals surface area contributed by atoms with Crippen molar-refractivity contribution < 1.29 is 33.8 Å². The highest BCUT2D eigenvalue weighted by Gasteiger charge is 2.44. The summed E-state index contributed by atoms with van der Waals surface area (Å²) >= 11 is 1.58. The molecule has 310 valence electrons. The number of aliphatic hydroxyl groups is 1. The summed E-state index contributed by atoms with van der Waals surface area (Å²) in [5, 5.41) is 21.9. The Bertz CT molecular complexity index is 1810. The number of likely N-dealkylation sites (tertiary alicyclic amines) is 1. The summed E-state index contributed by atoms with van der Waals surface area (Å²) in [6.07, 6.45) is 2.16. The van der Waals surface area contributed by atoms with Gasteiger partial charge in [0.15, 0.2) is 0 Å². The largest absolute Gasteiger partial charge is 0.391 e. The highest BCUT2D eigenvalue weighted by atomic mass is 32.1. The number of nitrogens with zero attached hydrogens (tertiary/aromatic N) is 2. The van der Waals surface area contributed by atoms with Crippen LogP contribution in [-0.4, -0.2) is 88.5 Å². The van der Waals surface area contributed by atoms with Gasteiger partial charge in [0.05, 0.1) is 40.9 Å². The van der Waals surface area contributed by atoms with Crippen molar-refractivity contribution in [2.75, 3.05) is 13.6 Å². The SMILES string of the molecule is CNC(=O)CC[C@H](NC(C)=O)[C@@H](C)OCc1ccc(CCCCC(=O)N[C@H](C(=O)N2C[C@H](O)C[C@H]2C(=O)NCc2ccc(-c3scnc3C)cc2)C(C)(C)C)cc1. The number of carbonyl (C=O) groups is 5. The first-order chi connectivity index (χ1) is 27.0. The molecule has 1 fully saturated rings. The number of aryl methyl sites for hydroxylation is 2. The number of thiazole rings is 1. The molecule has 1 saturated heterocycles. The number of amides is 5. The van der Waals surface area contributed by atoms with E-state index in [1.165, 1.54) is 11.8 Å². The van der Waals surface area contributed by atoms with Crippen LogP contribution in [0.25, 0.3) is 10.4 Å². The second-order valence-corrected chi connectivity index (χ2v) is 16.9. The Morgan fingerprint density at radius 2 is 1.61 bits per heavy atom. The number of nitrogens with one attached hydrogen (secondary N) is 4. The zero-order valence-electron chi connectivity index (χ0n) is 34.4. The molecule has 3 aromatic rings. The average Bonchev–Trinajstić information content (AvgIpc) is 3.79. The van der Waals surface area contributed by atoms with E-state index in [0.29, 0.717) is 19.4 Å². The summed E-state index contributed by atoms with van der Waals surface area (Å²) in [6, 6.07) is 13.9. The van der Waals surface area contributed by atoms with Gasteiger partial charge in [-0.25, -0.2) is 4.98 Å². The van der Waals surface area contributed by atoms with Crippen molar-refractivity contribution in [3.8, 4) is 10.4 Å². The summed E-state index contributed by atoms with van der Waals surface area (Å²) < 4.78 is 6.04. The van der Waals surface area contributed by atoms with Crippen molar-refractivity contribution in [2.45, 2.75) is 130 Å². The molecule has 0 bridgehead atoms. The number of hydrogen-bond donors (Lipinski definition) is 5. The summed E-state index contributed by atoms with van der Waals surface area (Å²) in [6.45, 7) is 11.6. The lowest BCUT2D eigenvalue weighted by Crippen LogP contribution is -2.57. The summed E-state index contributed by atoms with van der Waals surface area (Å²) in [7, 11) is 1.58. The lowest BCUT2D eigenvalue weighted by atomic mass is 9.85. The van der Waals surface area contributed by atoms with Gasteiger partial charge in [0.25, 0.3) is 0 Å². The average molecular weight is 805 g/mol. The van der Waals surface area contributed by atoms with E-state index >= 15 is 0 Å². The molecule has 1 aliphatic rings. The molecule has 0 spiro atoms. The van der Waals surface area contributed by atoms with Crippen LogP contribution in [0, 0.1) is 12.3 Å². The number of aliphatic hydroxyl groups excluding tert-OH is 1. The van der Waals surface area contributed by atoms with E-state index in [4.69, 9.17) is 4.74 Å². The minimum atomic E-state index is -0.879. The number of unbranched alkanes of at least 4 members (excludes halogenated alkanes) is 1. The minimum absolute atomic E-state index is 0.0168. The van der Waals surface area contributed by atoms with E-state index < -0.39 is 23.6 Å². The van der Waals surface area contributed by atoms with Gasteiger partial charge in [0, 0.05) is 46.3 Å². The maximum Gasteiger partial charge on any atom is 0.246 e. The fourth-order valence-electron chi connectivity index (χ4n) is 6.87. The molecular weight excluding hydrogens is 745 g/mol. The monoisotopic (exact) mass is 804 g/mol. The Kier molecular flexibility index (Phi) is 16.8. The quantitative estimate of drug-likeness (QED) is 0.109. The molecule has 1 aliphatic heterocycles. The van der Waals surface area contributed by atoms with Crippen LogP contribution in [0.3, 0.4) is 0 Å². The predicted octanol–water partition coefficient (Wildman–Crippen LogP) is 4.58. The van der Waals surface area contributed by atoms with Gasteiger partial charge in [0.2, 0.25) is 29.5 Å². The fraction of sp³-hybridized carbons (Fsp3) is 0.535. The zero-order valence-corrected chi connectivity index (χ0v) is 35.2. The van der Waals surface area contributed by atoms with Crippen molar-refractivity contribution in [1.29, 1.82) is 0 Å². The Hall–Kier alpha value is -4.66. The van der Waals surface area contributed by atoms with E-state index in [1.807, 2.05) is 88.7 Å². The minimum Gasteiger partial charge on any atom is -0.391 e. The first-order valence-electron chi connectivity index (χ1n) is 19.8. The Morgan fingerprint density at radius 1 is 0.947 bits per heavy atom. The van der Waals surface area contributed by atoms with Crippen molar-refractivity contribution in [3.05, 3.63) is 76.4 Å². The van der Waals surface area contributed by atoms with E-state index in [0.717, 1.165) is 45.7 Å². The molecule has 57 heavy (non-hydrogen) atoms. The smallest absolute Gasteiger partial charge is 0.246 e. The second-order valence-electron chi connectivity index (χ2n) is 16.0. The number of carbonyl (C=O) groups excluding carboxylic acids is 5.